The molecule has 0 bridgehead atoms. The molecular formula is C12H24O3. The zero-order chi connectivity index (χ0) is 11.9. The second kappa shape index (κ2) is 6.83. The van der Waals surface area contributed by atoms with Crippen LogP contribution in [0.4, 0.5) is 0 Å². The molecule has 0 aromatic rings. The summed E-state index contributed by atoms with van der Waals surface area (Å²) in [5.74, 6) is -0.125. The minimum absolute atomic E-state index is 0.125. The van der Waals surface area contributed by atoms with Gasteiger partial charge in [-0.3, -0.25) is 4.79 Å². The van der Waals surface area contributed by atoms with Gasteiger partial charge >= 0.3 is 5.97 Å². The zero-order valence-corrected chi connectivity index (χ0v) is 10.4. The van der Waals surface area contributed by atoms with Crippen molar-refractivity contribution in [3.05, 3.63) is 0 Å². The van der Waals surface area contributed by atoms with Crippen LogP contribution in [-0.4, -0.2) is 22.8 Å². The molecule has 0 rings (SSSR count). The van der Waals surface area contributed by atoms with E-state index >= 15 is 0 Å². The molecule has 0 aromatic carbocycles. The van der Waals surface area contributed by atoms with E-state index in [4.69, 9.17) is 9.84 Å². The Labute approximate surface area is 92.8 Å². The van der Waals surface area contributed by atoms with E-state index in [9.17, 15) is 4.79 Å². The minimum Gasteiger partial charge on any atom is -0.460 e. The quantitative estimate of drug-likeness (QED) is 0.548. The molecule has 0 aliphatic heterocycles. The van der Waals surface area contributed by atoms with Gasteiger partial charge in [0.25, 0.3) is 0 Å². The third-order valence-corrected chi connectivity index (χ3v) is 1.92. The largest absolute Gasteiger partial charge is 0.460 e. The van der Waals surface area contributed by atoms with Crippen LogP contribution in [0.15, 0.2) is 0 Å². The topological polar surface area (TPSA) is 46.5 Å². The first-order valence-electron chi connectivity index (χ1n) is 5.71. The molecule has 3 heteroatoms. The molecule has 90 valence electrons. The highest BCUT2D eigenvalue weighted by Gasteiger charge is 2.15. The molecule has 1 unspecified atom stereocenters. The van der Waals surface area contributed by atoms with Crippen molar-refractivity contribution in [1.29, 1.82) is 0 Å². The Morgan fingerprint density at radius 2 is 1.87 bits per heavy atom. The van der Waals surface area contributed by atoms with Gasteiger partial charge in [-0.15, -0.1) is 0 Å². The first kappa shape index (κ1) is 14.4. The summed E-state index contributed by atoms with van der Waals surface area (Å²) >= 11 is 0. The van der Waals surface area contributed by atoms with Gasteiger partial charge in [0.1, 0.15) is 5.60 Å². The Hall–Kier alpha value is -0.570. The van der Waals surface area contributed by atoms with E-state index in [0.29, 0.717) is 6.42 Å². The third kappa shape index (κ3) is 11.4. The van der Waals surface area contributed by atoms with Crippen LogP contribution in [0.3, 0.4) is 0 Å². The second-order valence-electron chi connectivity index (χ2n) is 5.03. The van der Waals surface area contributed by atoms with Gasteiger partial charge in [0, 0.05) is 6.42 Å². The van der Waals surface area contributed by atoms with Crippen LogP contribution in [0.1, 0.15) is 59.8 Å². The maximum absolute atomic E-state index is 11.3. The molecule has 0 radical (unpaired) electrons. The smallest absolute Gasteiger partial charge is 0.306 e. The van der Waals surface area contributed by atoms with Crippen molar-refractivity contribution in [2.45, 2.75) is 71.5 Å². The van der Waals surface area contributed by atoms with Gasteiger partial charge in [-0.05, 0) is 40.5 Å². The highest BCUT2D eigenvalue weighted by atomic mass is 16.6. The number of aliphatic hydroxyl groups excluding tert-OH is 1. The Kier molecular flexibility index (Phi) is 6.57. The number of hydrogen-bond acceptors (Lipinski definition) is 3. The summed E-state index contributed by atoms with van der Waals surface area (Å²) in [5.41, 5.74) is -0.378. The van der Waals surface area contributed by atoms with Gasteiger partial charge < -0.3 is 9.84 Å². The number of carbonyl (C=O) groups is 1. The van der Waals surface area contributed by atoms with E-state index in [1.165, 1.54) is 0 Å². The number of aliphatic hydroxyl groups is 1. The maximum atomic E-state index is 11.3. The van der Waals surface area contributed by atoms with Crippen molar-refractivity contribution in [3.8, 4) is 0 Å². The van der Waals surface area contributed by atoms with E-state index in [0.717, 1.165) is 25.7 Å². The average Bonchev–Trinajstić information content (AvgIpc) is 1.99. The summed E-state index contributed by atoms with van der Waals surface area (Å²) in [6, 6.07) is 0. The van der Waals surface area contributed by atoms with Crippen molar-refractivity contribution < 1.29 is 14.6 Å². The fourth-order valence-corrected chi connectivity index (χ4v) is 1.28. The zero-order valence-electron chi connectivity index (χ0n) is 10.4. The van der Waals surface area contributed by atoms with E-state index in [2.05, 4.69) is 0 Å². The van der Waals surface area contributed by atoms with Gasteiger partial charge in [-0.25, -0.2) is 0 Å². The molecule has 1 atom stereocenters. The standard InChI is InChI=1S/C12H24O3/c1-10(13)8-6-5-7-9-11(14)15-12(2,3)4/h10,13H,5-9H2,1-4H3. The molecule has 15 heavy (non-hydrogen) atoms. The van der Waals surface area contributed by atoms with Crippen LogP contribution in [0.5, 0.6) is 0 Å². The molecule has 0 fully saturated rings. The van der Waals surface area contributed by atoms with Crippen molar-refractivity contribution in [3.63, 3.8) is 0 Å². The summed E-state index contributed by atoms with van der Waals surface area (Å²) in [7, 11) is 0. The first-order valence-corrected chi connectivity index (χ1v) is 5.71. The Bertz CT molecular complexity index is 180. The summed E-state index contributed by atoms with van der Waals surface area (Å²) < 4.78 is 5.18. The number of hydrogen-bond donors (Lipinski definition) is 1. The lowest BCUT2D eigenvalue weighted by molar-refractivity contribution is -0.154. The monoisotopic (exact) mass is 216 g/mol. The van der Waals surface area contributed by atoms with E-state index in [1.807, 2.05) is 20.8 Å². The molecule has 0 saturated heterocycles. The third-order valence-electron chi connectivity index (χ3n) is 1.92. The van der Waals surface area contributed by atoms with E-state index in [-0.39, 0.29) is 17.7 Å². The second-order valence-corrected chi connectivity index (χ2v) is 5.03. The lowest BCUT2D eigenvalue weighted by Gasteiger charge is -2.19. The molecule has 0 aromatic heterocycles. The van der Waals surface area contributed by atoms with Crippen LogP contribution < -0.4 is 0 Å². The van der Waals surface area contributed by atoms with Crippen LogP contribution in [-0.2, 0) is 9.53 Å². The molecule has 0 heterocycles. The first-order chi connectivity index (χ1) is 6.81. The van der Waals surface area contributed by atoms with Crippen molar-refractivity contribution >= 4 is 5.97 Å². The SMILES string of the molecule is CC(O)CCCCCC(=O)OC(C)(C)C. The van der Waals surface area contributed by atoms with Crippen LogP contribution >= 0.6 is 0 Å². The van der Waals surface area contributed by atoms with Gasteiger partial charge in [-0.2, -0.15) is 0 Å². The maximum Gasteiger partial charge on any atom is 0.306 e. The van der Waals surface area contributed by atoms with Crippen molar-refractivity contribution in [1.82, 2.24) is 0 Å². The Morgan fingerprint density at radius 1 is 1.27 bits per heavy atom. The average molecular weight is 216 g/mol. The molecule has 0 amide bonds. The summed E-state index contributed by atoms with van der Waals surface area (Å²) in [5, 5.41) is 9.02. The highest BCUT2D eigenvalue weighted by Crippen LogP contribution is 2.11. The predicted octanol–water partition coefficient (Wildman–Crippen LogP) is 2.66. The number of ether oxygens (including phenoxy) is 1. The molecule has 0 aliphatic carbocycles. The van der Waals surface area contributed by atoms with Crippen LogP contribution in [0.2, 0.25) is 0 Å². The number of esters is 1. The molecule has 0 spiro atoms. The normalized spacial score (nSPS) is 13.7. The van der Waals surface area contributed by atoms with E-state index < -0.39 is 0 Å². The van der Waals surface area contributed by atoms with E-state index in [1.54, 1.807) is 6.92 Å². The van der Waals surface area contributed by atoms with Crippen LogP contribution in [0, 0.1) is 0 Å². The molecule has 0 saturated carbocycles. The summed E-state index contributed by atoms with van der Waals surface area (Å²) in [4.78, 5) is 11.3. The van der Waals surface area contributed by atoms with Crippen LogP contribution in [0.25, 0.3) is 0 Å². The summed E-state index contributed by atoms with van der Waals surface area (Å²) in [6.45, 7) is 7.41. The molecule has 3 nitrogen and oxygen atoms in total. The fraction of sp³-hybridized carbons (Fsp3) is 0.917. The molecule has 0 aliphatic rings. The Morgan fingerprint density at radius 3 is 2.33 bits per heavy atom. The lowest BCUT2D eigenvalue weighted by Crippen LogP contribution is -2.23. The lowest BCUT2D eigenvalue weighted by atomic mass is 10.1. The minimum atomic E-state index is -0.378. The number of carbonyl (C=O) groups excluding carboxylic acids is 1. The van der Waals surface area contributed by atoms with Gasteiger partial charge in [0.15, 0.2) is 0 Å². The summed E-state index contributed by atoms with van der Waals surface area (Å²) in [6.07, 6.45) is 3.86. The molecule has 1 N–H and O–H groups in total. The fourth-order valence-electron chi connectivity index (χ4n) is 1.28. The predicted molar refractivity (Wildman–Crippen MR) is 60.6 cm³/mol. The van der Waals surface area contributed by atoms with Gasteiger partial charge in [0.2, 0.25) is 0 Å². The Balaban J connectivity index is 3.40. The highest BCUT2D eigenvalue weighted by molar-refractivity contribution is 5.69. The van der Waals surface area contributed by atoms with Crippen molar-refractivity contribution in [2.75, 3.05) is 0 Å². The molecular weight excluding hydrogens is 192 g/mol. The van der Waals surface area contributed by atoms with Gasteiger partial charge in [-0.1, -0.05) is 12.8 Å². The number of rotatable bonds is 6. The number of unbranched alkanes of at least 4 members (excludes halogenated alkanes) is 2. The van der Waals surface area contributed by atoms with Crippen molar-refractivity contribution in [2.24, 2.45) is 0 Å². The van der Waals surface area contributed by atoms with Gasteiger partial charge in [0.05, 0.1) is 6.10 Å².